The maximum absolute atomic E-state index is 11.2. The molecular weight excluding hydrogens is 462 g/mol. The highest BCUT2D eigenvalue weighted by molar-refractivity contribution is 7.85. The molecule has 1 atom stereocenters. The molecule has 3 aromatic rings. The lowest BCUT2D eigenvalue weighted by atomic mass is 10.1. The fraction of sp³-hybridized carbons (Fsp3) is 0.217. The van der Waals surface area contributed by atoms with Crippen LogP contribution in [0.1, 0.15) is 26.2 Å². The molecule has 0 spiro atoms. The Bertz CT molecular complexity index is 1330. The fourth-order valence-corrected chi connectivity index (χ4v) is 3.87. The molecule has 1 aromatic heterocycles. The largest absolute Gasteiger partial charge is 0.480 e. The molecule has 1 aliphatic heterocycles. The minimum atomic E-state index is -4.20. The predicted octanol–water partition coefficient (Wildman–Crippen LogP) is 3.03. The van der Waals surface area contributed by atoms with Crippen molar-refractivity contribution in [2.75, 3.05) is 0 Å². The van der Waals surface area contributed by atoms with Gasteiger partial charge in [-0.2, -0.15) is 8.42 Å². The second-order valence-electron chi connectivity index (χ2n) is 7.48. The number of hydrogen-bond donors (Lipinski definition) is 3. The van der Waals surface area contributed by atoms with Crippen LogP contribution in [0.5, 0.6) is 0 Å². The molecule has 11 heteroatoms. The third-order valence-corrected chi connectivity index (χ3v) is 5.92. The van der Waals surface area contributed by atoms with Crippen molar-refractivity contribution in [3.8, 4) is 11.4 Å². The standard InChI is InChI=1S/C13H10N2O3S.C10H13NO4/c16-19(17,18)10-6-7-11-12(8-10)15-13(14-11)9-4-2-1-3-5-9;1-2-3-4-7(10(14)15)11-8(12)5-6-9(11)13/h1-8H,(H,14,15)(H,16,17,18);5-7H,2-4H2,1H3,(H,14,15). The molecule has 4 rings (SSSR count). The SMILES string of the molecule is CCCCC(C(=O)O)N1C(=O)C=CC1=O.O=S(=O)(O)c1ccc2nc(-c3ccccc3)[nH]c2c1. The van der Waals surface area contributed by atoms with Gasteiger partial charge < -0.3 is 10.1 Å². The maximum atomic E-state index is 11.2. The number of H-pyrrole nitrogens is 1. The monoisotopic (exact) mass is 485 g/mol. The van der Waals surface area contributed by atoms with Gasteiger partial charge in [0.2, 0.25) is 0 Å². The van der Waals surface area contributed by atoms with Crippen LogP contribution in [-0.4, -0.2) is 56.8 Å². The van der Waals surface area contributed by atoms with Gasteiger partial charge in [0, 0.05) is 17.7 Å². The number of fused-ring (bicyclic) bond motifs is 1. The van der Waals surface area contributed by atoms with Crippen molar-refractivity contribution in [1.29, 1.82) is 0 Å². The Hall–Kier alpha value is -3.83. The molecule has 0 aliphatic carbocycles. The predicted molar refractivity (Wildman–Crippen MR) is 123 cm³/mol. The van der Waals surface area contributed by atoms with Crippen molar-refractivity contribution in [3.05, 3.63) is 60.7 Å². The van der Waals surface area contributed by atoms with Crippen molar-refractivity contribution in [2.24, 2.45) is 0 Å². The highest BCUT2D eigenvalue weighted by Crippen LogP contribution is 2.22. The molecule has 1 aliphatic rings. The van der Waals surface area contributed by atoms with Gasteiger partial charge in [0.15, 0.2) is 0 Å². The first-order valence-corrected chi connectivity index (χ1v) is 11.9. The van der Waals surface area contributed by atoms with E-state index in [9.17, 15) is 22.8 Å². The lowest BCUT2D eigenvalue weighted by Crippen LogP contribution is -2.44. The molecule has 0 fully saturated rings. The average molecular weight is 486 g/mol. The van der Waals surface area contributed by atoms with E-state index in [1.165, 1.54) is 12.1 Å². The van der Waals surface area contributed by atoms with Crippen LogP contribution in [0, 0.1) is 0 Å². The number of imide groups is 1. The van der Waals surface area contributed by atoms with Crippen molar-refractivity contribution >= 4 is 38.9 Å². The van der Waals surface area contributed by atoms with E-state index in [0.29, 0.717) is 29.7 Å². The molecule has 34 heavy (non-hydrogen) atoms. The lowest BCUT2D eigenvalue weighted by molar-refractivity contribution is -0.153. The summed E-state index contributed by atoms with van der Waals surface area (Å²) in [5, 5.41) is 8.92. The summed E-state index contributed by atoms with van der Waals surface area (Å²) < 4.78 is 31.2. The van der Waals surface area contributed by atoms with Crippen LogP contribution in [-0.2, 0) is 24.5 Å². The number of carbonyl (C=O) groups is 3. The Balaban J connectivity index is 0.000000197. The fourth-order valence-electron chi connectivity index (χ4n) is 3.36. The molecular formula is C23H23N3O7S. The Morgan fingerprint density at radius 1 is 1.09 bits per heavy atom. The minimum absolute atomic E-state index is 0.150. The zero-order valence-electron chi connectivity index (χ0n) is 18.2. The summed E-state index contributed by atoms with van der Waals surface area (Å²) in [4.78, 5) is 41.5. The summed E-state index contributed by atoms with van der Waals surface area (Å²) in [5.41, 5.74) is 2.12. The van der Waals surface area contributed by atoms with Crippen LogP contribution in [0.15, 0.2) is 65.6 Å². The smallest absolute Gasteiger partial charge is 0.326 e. The van der Waals surface area contributed by atoms with Gasteiger partial charge >= 0.3 is 5.97 Å². The number of imidazole rings is 1. The van der Waals surface area contributed by atoms with Gasteiger partial charge in [-0.05, 0) is 24.6 Å². The Morgan fingerprint density at radius 2 is 1.74 bits per heavy atom. The Kier molecular flexibility index (Phi) is 7.59. The molecule has 178 valence electrons. The number of rotatable bonds is 7. The van der Waals surface area contributed by atoms with Gasteiger partial charge in [-0.3, -0.25) is 19.0 Å². The van der Waals surface area contributed by atoms with Gasteiger partial charge in [0.25, 0.3) is 21.9 Å². The number of carboxylic acids is 1. The van der Waals surface area contributed by atoms with Crippen molar-refractivity contribution < 1.29 is 32.5 Å². The second-order valence-corrected chi connectivity index (χ2v) is 8.90. The molecule has 0 radical (unpaired) electrons. The highest BCUT2D eigenvalue weighted by atomic mass is 32.2. The summed E-state index contributed by atoms with van der Waals surface area (Å²) in [6.45, 7) is 1.92. The quantitative estimate of drug-likeness (QED) is 0.340. The number of carboxylic acid groups (broad SMARTS) is 1. The Labute approximate surface area is 195 Å². The van der Waals surface area contributed by atoms with Gasteiger partial charge in [0.1, 0.15) is 11.9 Å². The van der Waals surface area contributed by atoms with E-state index < -0.39 is 33.9 Å². The zero-order valence-corrected chi connectivity index (χ0v) is 19.0. The van der Waals surface area contributed by atoms with Crippen LogP contribution < -0.4 is 0 Å². The minimum Gasteiger partial charge on any atom is -0.480 e. The number of nitrogens with one attached hydrogen (secondary N) is 1. The van der Waals surface area contributed by atoms with E-state index in [0.717, 1.165) is 29.0 Å². The topological polar surface area (TPSA) is 158 Å². The van der Waals surface area contributed by atoms with Crippen molar-refractivity contribution in [1.82, 2.24) is 14.9 Å². The number of nitrogens with zero attached hydrogens (tertiary/aromatic N) is 2. The second kappa shape index (κ2) is 10.4. The number of aromatic amines is 1. The van der Waals surface area contributed by atoms with Crippen LogP contribution in [0.2, 0.25) is 0 Å². The molecule has 10 nitrogen and oxygen atoms in total. The van der Waals surface area contributed by atoms with E-state index in [4.69, 9.17) is 9.66 Å². The molecule has 2 aromatic carbocycles. The number of benzene rings is 2. The summed E-state index contributed by atoms with van der Waals surface area (Å²) >= 11 is 0. The number of amides is 2. The van der Waals surface area contributed by atoms with E-state index in [-0.39, 0.29) is 4.90 Å². The van der Waals surface area contributed by atoms with E-state index in [1.807, 2.05) is 37.3 Å². The molecule has 0 saturated heterocycles. The van der Waals surface area contributed by atoms with E-state index in [2.05, 4.69) is 9.97 Å². The van der Waals surface area contributed by atoms with E-state index >= 15 is 0 Å². The summed E-state index contributed by atoms with van der Waals surface area (Å²) in [5.74, 6) is -1.55. The van der Waals surface area contributed by atoms with Crippen LogP contribution in [0.3, 0.4) is 0 Å². The molecule has 0 bridgehead atoms. The highest BCUT2D eigenvalue weighted by Gasteiger charge is 2.35. The van der Waals surface area contributed by atoms with Gasteiger partial charge in [-0.15, -0.1) is 0 Å². The third kappa shape index (κ3) is 5.74. The maximum Gasteiger partial charge on any atom is 0.326 e. The summed E-state index contributed by atoms with van der Waals surface area (Å²) in [6.07, 6.45) is 4.01. The zero-order chi connectivity index (χ0) is 24.9. The molecule has 2 heterocycles. The first-order valence-electron chi connectivity index (χ1n) is 10.4. The van der Waals surface area contributed by atoms with Gasteiger partial charge in [-0.25, -0.2) is 9.78 Å². The number of hydrogen-bond acceptors (Lipinski definition) is 6. The first-order chi connectivity index (χ1) is 16.1. The molecule has 0 saturated carbocycles. The summed E-state index contributed by atoms with van der Waals surface area (Å²) in [6, 6.07) is 12.7. The van der Waals surface area contributed by atoms with Crippen LogP contribution in [0.4, 0.5) is 0 Å². The molecule has 3 N–H and O–H groups in total. The van der Waals surface area contributed by atoms with Gasteiger partial charge in [-0.1, -0.05) is 50.1 Å². The third-order valence-electron chi connectivity index (χ3n) is 5.07. The van der Waals surface area contributed by atoms with Crippen molar-refractivity contribution in [3.63, 3.8) is 0 Å². The molecule has 1 unspecified atom stereocenters. The average Bonchev–Trinajstić information content (AvgIpc) is 3.37. The van der Waals surface area contributed by atoms with Crippen molar-refractivity contribution in [2.45, 2.75) is 37.1 Å². The van der Waals surface area contributed by atoms with Crippen LogP contribution in [0.25, 0.3) is 22.4 Å². The lowest BCUT2D eigenvalue weighted by Gasteiger charge is -2.21. The number of carbonyl (C=O) groups excluding carboxylic acids is 2. The number of unbranched alkanes of at least 4 members (excludes halogenated alkanes) is 1. The number of aromatic nitrogens is 2. The number of aliphatic carboxylic acids is 1. The van der Waals surface area contributed by atoms with Crippen LogP contribution >= 0.6 is 0 Å². The normalized spacial score (nSPS) is 14.2. The van der Waals surface area contributed by atoms with E-state index in [1.54, 1.807) is 6.07 Å². The first kappa shape index (κ1) is 24.8. The Morgan fingerprint density at radius 3 is 2.29 bits per heavy atom. The molecule has 2 amide bonds. The summed E-state index contributed by atoms with van der Waals surface area (Å²) in [7, 11) is -4.20. The van der Waals surface area contributed by atoms with Gasteiger partial charge in [0.05, 0.1) is 15.9 Å².